The third-order valence-electron chi connectivity index (χ3n) is 2.62. The number of fused-ring (bicyclic) bond motifs is 2. The van der Waals surface area contributed by atoms with Crippen molar-refractivity contribution in [3.8, 4) is 11.1 Å². The van der Waals surface area contributed by atoms with E-state index in [0.717, 1.165) is 6.42 Å². The van der Waals surface area contributed by atoms with Gasteiger partial charge in [-0.25, -0.2) is 0 Å². The molecule has 0 aliphatic heterocycles. The molecule has 2 nitrogen and oxygen atoms in total. The Bertz CT molecular complexity index is 486. The van der Waals surface area contributed by atoms with E-state index in [1.165, 1.54) is 22.3 Å². The smallest absolute Gasteiger partial charge is 0.290 e. The van der Waals surface area contributed by atoms with E-state index in [4.69, 9.17) is 9.90 Å². The van der Waals surface area contributed by atoms with Gasteiger partial charge in [0.05, 0.1) is 0 Å². The number of carbonyl (C=O) groups is 1. The van der Waals surface area contributed by atoms with Crippen molar-refractivity contribution in [1.29, 1.82) is 0 Å². The van der Waals surface area contributed by atoms with E-state index in [9.17, 15) is 0 Å². The lowest BCUT2D eigenvalue weighted by Gasteiger charge is -2.11. The van der Waals surface area contributed by atoms with Crippen LogP contribution in [0.1, 0.15) is 11.1 Å². The molecule has 0 unspecified atom stereocenters. The fourth-order valence-corrected chi connectivity index (χ4v) is 1.91. The summed E-state index contributed by atoms with van der Waals surface area (Å²) in [6.45, 7) is -0.250. The zero-order chi connectivity index (χ0) is 11.4. The molecule has 2 aliphatic carbocycles. The van der Waals surface area contributed by atoms with Crippen LogP contribution in [-0.4, -0.2) is 11.6 Å². The Morgan fingerprint density at radius 3 is 2.31 bits per heavy atom. The molecule has 0 spiro atoms. The molecule has 4 rings (SSSR count). The molecular weight excluding hydrogens is 200 g/mol. The van der Waals surface area contributed by atoms with Crippen LogP contribution in [0.3, 0.4) is 0 Å². The minimum atomic E-state index is -0.250. The van der Waals surface area contributed by atoms with Gasteiger partial charge in [-0.05, 0) is 28.7 Å². The molecule has 1 N–H and O–H groups in total. The molecule has 0 radical (unpaired) electrons. The van der Waals surface area contributed by atoms with Gasteiger partial charge in [-0.2, -0.15) is 0 Å². The summed E-state index contributed by atoms with van der Waals surface area (Å²) in [5.74, 6) is 0. The predicted octanol–water partition coefficient (Wildman–Crippen LogP) is 2.96. The first kappa shape index (κ1) is 10.4. The highest BCUT2D eigenvalue weighted by atomic mass is 16.3. The Hall–Kier alpha value is -2.09. The summed E-state index contributed by atoms with van der Waals surface area (Å²) in [6.07, 6.45) is 1.06. The van der Waals surface area contributed by atoms with Gasteiger partial charge in [0.15, 0.2) is 0 Å². The maximum atomic E-state index is 8.36. The SMILES string of the molecule is O=CO.c1cc2cc(c1)-c1ccc(cc1)C2. The third-order valence-corrected chi connectivity index (χ3v) is 2.62. The van der Waals surface area contributed by atoms with Crippen LogP contribution >= 0.6 is 0 Å². The minimum absolute atomic E-state index is 0.250. The van der Waals surface area contributed by atoms with Gasteiger partial charge in [0.2, 0.25) is 0 Å². The van der Waals surface area contributed by atoms with Crippen molar-refractivity contribution < 1.29 is 9.90 Å². The number of carboxylic acid groups (broad SMARTS) is 1. The quantitative estimate of drug-likeness (QED) is 0.582. The first-order valence-electron chi connectivity index (χ1n) is 5.09. The van der Waals surface area contributed by atoms with E-state index in [0.29, 0.717) is 0 Å². The van der Waals surface area contributed by atoms with Crippen molar-refractivity contribution in [3.63, 3.8) is 0 Å². The first-order chi connectivity index (χ1) is 7.83. The van der Waals surface area contributed by atoms with E-state index in [1.807, 2.05) is 0 Å². The average molecular weight is 212 g/mol. The number of hydrogen-bond acceptors (Lipinski definition) is 1. The molecule has 16 heavy (non-hydrogen) atoms. The standard InChI is InChI=1S/C13H10.CH2O2/c1-2-11-8-10-4-6-12(7-5-10)13(3-1)9-11;2-1-3/h1-7,9H,8H2;1H,(H,2,3). The van der Waals surface area contributed by atoms with Crippen LogP contribution in [0.25, 0.3) is 11.1 Å². The fourth-order valence-electron chi connectivity index (χ4n) is 1.91. The Labute approximate surface area is 94.2 Å². The molecule has 0 amide bonds. The van der Waals surface area contributed by atoms with Gasteiger partial charge in [0.1, 0.15) is 0 Å². The third kappa shape index (κ3) is 2.11. The van der Waals surface area contributed by atoms with Crippen LogP contribution in [0, 0.1) is 0 Å². The van der Waals surface area contributed by atoms with Crippen LogP contribution < -0.4 is 0 Å². The summed E-state index contributed by atoms with van der Waals surface area (Å²) in [6, 6.07) is 17.6. The maximum absolute atomic E-state index is 8.36. The summed E-state index contributed by atoms with van der Waals surface area (Å²) in [5, 5.41) is 6.89. The largest absolute Gasteiger partial charge is 0.483 e. The minimum Gasteiger partial charge on any atom is -0.483 e. The predicted molar refractivity (Wildman–Crippen MR) is 63.4 cm³/mol. The zero-order valence-electron chi connectivity index (χ0n) is 8.76. The number of benzene rings is 2. The monoisotopic (exact) mass is 212 g/mol. The number of rotatable bonds is 0. The van der Waals surface area contributed by atoms with Gasteiger partial charge in [-0.15, -0.1) is 0 Å². The Morgan fingerprint density at radius 2 is 1.62 bits per heavy atom. The molecule has 2 aliphatic rings. The van der Waals surface area contributed by atoms with E-state index in [2.05, 4.69) is 48.5 Å². The van der Waals surface area contributed by atoms with Crippen LogP contribution in [-0.2, 0) is 11.2 Å². The van der Waals surface area contributed by atoms with Gasteiger partial charge in [0, 0.05) is 0 Å². The molecule has 0 saturated heterocycles. The summed E-state index contributed by atoms with van der Waals surface area (Å²) in [5.41, 5.74) is 5.48. The second kappa shape index (κ2) is 4.62. The molecule has 2 heteroatoms. The molecule has 2 aromatic rings. The summed E-state index contributed by atoms with van der Waals surface area (Å²) in [4.78, 5) is 8.36. The summed E-state index contributed by atoms with van der Waals surface area (Å²) >= 11 is 0. The average Bonchev–Trinajstić information content (AvgIpc) is 2.30. The lowest BCUT2D eigenvalue weighted by Crippen LogP contribution is -1.92. The highest BCUT2D eigenvalue weighted by Crippen LogP contribution is 2.25. The van der Waals surface area contributed by atoms with Gasteiger partial charge in [-0.3, -0.25) is 4.79 Å². The maximum Gasteiger partial charge on any atom is 0.290 e. The van der Waals surface area contributed by atoms with Crippen molar-refractivity contribution in [3.05, 3.63) is 59.7 Å². The number of hydrogen-bond donors (Lipinski definition) is 1. The lowest BCUT2D eigenvalue weighted by molar-refractivity contribution is -0.122. The molecule has 0 heterocycles. The zero-order valence-corrected chi connectivity index (χ0v) is 8.76. The normalized spacial score (nSPS) is 10.8. The lowest BCUT2D eigenvalue weighted by atomic mass is 9.94. The second-order valence-corrected chi connectivity index (χ2v) is 3.68. The van der Waals surface area contributed by atoms with E-state index < -0.39 is 0 Å². The highest BCUT2D eigenvalue weighted by Gasteiger charge is 2.04. The van der Waals surface area contributed by atoms with Gasteiger partial charge >= 0.3 is 0 Å². The molecular formula is C14H12O2. The van der Waals surface area contributed by atoms with Gasteiger partial charge < -0.3 is 5.11 Å². The van der Waals surface area contributed by atoms with E-state index >= 15 is 0 Å². The topological polar surface area (TPSA) is 37.3 Å². The van der Waals surface area contributed by atoms with E-state index in [1.54, 1.807) is 0 Å². The molecule has 0 atom stereocenters. The summed E-state index contributed by atoms with van der Waals surface area (Å²) < 4.78 is 0. The molecule has 0 aromatic heterocycles. The molecule has 0 saturated carbocycles. The Kier molecular flexibility index (Phi) is 3.01. The first-order valence-corrected chi connectivity index (χ1v) is 5.09. The van der Waals surface area contributed by atoms with Crippen molar-refractivity contribution in [2.75, 3.05) is 0 Å². The van der Waals surface area contributed by atoms with Crippen molar-refractivity contribution in [2.45, 2.75) is 6.42 Å². The van der Waals surface area contributed by atoms with Crippen LogP contribution in [0.15, 0.2) is 48.5 Å². The Balaban J connectivity index is 0.000000292. The van der Waals surface area contributed by atoms with Crippen molar-refractivity contribution >= 4 is 6.47 Å². The molecule has 80 valence electrons. The van der Waals surface area contributed by atoms with Crippen LogP contribution in [0.2, 0.25) is 0 Å². The molecule has 4 bridgehead atoms. The van der Waals surface area contributed by atoms with Gasteiger partial charge in [-0.1, -0.05) is 48.5 Å². The molecule has 0 fully saturated rings. The summed E-state index contributed by atoms with van der Waals surface area (Å²) in [7, 11) is 0. The van der Waals surface area contributed by atoms with Crippen molar-refractivity contribution in [1.82, 2.24) is 0 Å². The Morgan fingerprint density at radius 1 is 0.938 bits per heavy atom. The van der Waals surface area contributed by atoms with Crippen LogP contribution in [0.5, 0.6) is 0 Å². The van der Waals surface area contributed by atoms with Crippen LogP contribution in [0.4, 0.5) is 0 Å². The fraction of sp³-hybridized carbons (Fsp3) is 0.0714. The highest BCUT2D eigenvalue weighted by molar-refractivity contribution is 5.65. The second-order valence-electron chi connectivity index (χ2n) is 3.68. The van der Waals surface area contributed by atoms with Crippen molar-refractivity contribution in [2.24, 2.45) is 0 Å². The van der Waals surface area contributed by atoms with E-state index in [-0.39, 0.29) is 6.47 Å². The van der Waals surface area contributed by atoms with Gasteiger partial charge in [0.25, 0.3) is 6.47 Å². The molecule has 2 aromatic carbocycles.